The van der Waals surface area contributed by atoms with E-state index < -0.39 is 0 Å². The first kappa shape index (κ1) is 12.3. The highest BCUT2D eigenvalue weighted by molar-refractivity contribution is 5.46. The molecule has 1 aromatic carbocycles. The Labute approximate surface area is 104 Å². The van der Waals surface area contributed by atoms with Crippen LogP contribution in [0.5, 0.6) is 11.5 Å². The van der Waals surface area contributed by atoms with Gasteiger partial charge in [-0.15, -0.1) is 10.2 Å². The van der Waals surface area contributed by atoms with Gasteiger partial charge in [0.25, 0.3) is 0 Å². The van der Waals surface area contributed by atoms with Crippen molar-refractivity contribution in [2.24, 2.45) is 0 Å². The van der Waals surface area contributed by atoms with Gasteiger partial charge in [-0.05, 0) is 6.07 Å². The van der Waals surface area contributed by atoms with E-state index in [1.165, 1.54) is 0 Å². The molecule has 0 bridgehead atoms. The van der Waals surface area contributed by atoms with Crippen LogP contribution in [-0.2, 0) is 13.1 Å². The molecular weight excluding hydrogens is 234 g/mol. The molecule has 0 fully saturated rings. The second-order valence-electron chi connectivity index (χ2n) is 3.58. The van der Waals surface area contributed by atoms with E-state index in [9.17, 15) is 0 Å². The van der Waals surface area contributed by atoms with E-state index in [2.05, 4.69) is 25.9 Å². The summed E-state index contributed by atoms with van der Waals surface area (Å²) >= 11 is 0. The van der Waals surface area contributed by atoms with Crippen LogP contribution in [0.1, 0.15) is 11.4 Å². The van der Waals surface area contributed by atoms with Crippen LogP contribution in [0.25, 0.3) is 0 Å². The van der Waals surface area contributed by atoms with Crippen molar-refractivity contribution >= 4 is 0 Å². The van der Waals surface area contributed by atoms with E-state index in [1.807, 2.05) is 18.2 Å². The molecule has 0 radical (unpaired) electrons. The zero-order valence-corrected chi connectivity index (χ0v) is 10.3. The molecule has 2 aromatic rings. The summed E-state index contributed by atoms with van der Waals surface area (Å²) in [6.07, 6.45) is 0. The number of rotatable bonds is 6. The molecule has 18 heavy (non-hydrogen) atoms. The molecule has 0 aliphatic rings. The van der Waals surface area contributed by atoms with Crippen molar-refractivity contribution in [3.8, 4) is 11.5 Å². The fourth-order valence-electron chi connectivity index (χ4n) is 1.66. The van der Waals surface area contributed by atoms with Gasteiger partial charge in [0.05, 0.1) is 20.8 Å². The predicted octanol–water partition coefficient (Wildman–Crippen LogP) is 0.507. The lowest BCUT2D eigenvalue weighted by molar-refractivity contribution is 0.350. The van der Waals surface area contributed by atoms with E-state index in [0.29, 0.717) is 18.9 Å². The third-order valence-electron chi connectivity index (χ3n) is 2.47. The molecule has 0 amide bonds. The average molecular weight is 249 g/mol. The van der Waals surface area contributed by atoms with Crippen LogP contribution in [0.3, 0.4) is 0 Å². The second-order valence-corrected chi connectivity index (χ2v) is 3.58. The van der Waals surface area contributed by atoms with Gasteiger partial charge in [0.1, 0.15) is 0 Å². The number of hydrogen-bond donors (Lipinski definition) is 2. The highest BCUT2D eigenvalue weighted by Gasteiger charge is 2.09. The van der Waals surface area contributed by atoms with Crippen molar-refractivity contribution < 1.29 is 9.47 Å². The number of hydrogen-bond acceptors (Lipinski definition) is 6. The molecule has 0 spiro atoms. The summed E-state index contributed by atoms with van der Waals surface area (Å²) in [5.41, 5.74) is 1.01. The number of para-hydroxylation sites is 1. The van der Waals surface area contributed by atoms with Crippen LogP contribution in [-0.4, -0.2) is 34.8 Å². The van der Waals surface area contributed by atoms with Crippen LogP contribution in [0, 0.1) is 0 Å². The summed E-state index contributed by atoms with van der Waals surface area (Å²) in [6.45, 7) is 1.17. The molecule has 96 valence electrons. The van der Waals surface area contributed by atoms with Gasteiger partial charge in [-0.3, -0.25) is 0 Å². The number of ether oxygens (including phenoxy) is 2. The van der Waals surface area contributed by atoms with Crippen LogP contribution >= 0.6 is 0 Å². The lowest BCUT2D eigenvalue weighted by Gasteiger charge is -2.12. The first-order valence-corrected chi connectivity index (χ1v) is 5.48. The van der Waals surface area contributed by atoms with Gasteiger partial charge >= 0.3 is 0 Å². The van der Waals surface area contributed by atoms with Gasteiger partial charge < -0.3 is 14.8 Å². The van der Waals surface area contributed by atoms with Gasteiger partial charge in [0, 0.05) is 12.1 Å². The normalized spacial score (nSPS) is 10.3. The van der Waals surface area contributed by atoms with Gasteiger partial charge in [-0.25, -0.2) is 0 Å². The maximum atomic E-state index is 5.34. The lowest BCUT2D eigenvalue weighted by Crippen LogP contribution is -2.14. The predicted molar refractivity (Wildman–Crippen MR) is 64.3 cm³/mol. The van der Waals surface area contributed by atoms with Gasteiger partial charge in [-0.2, -0.15) is 5.21 Å². The molecule has 0 aliphatic carbocycles. The summed E-state index contributed by atoms with van der Waals surface area (Å²) in [6, 6.07) is 5.76. The highest BCUT2D eigenvalue weighted by Crippen LogP contribution is 2.30. The largest absolute Gasteiger partial charge is 0.493 e. The summed E-state index contributed by atoms with van der Waals surface area (Å²) in [5.74, 6) is 2.08. The van der Waals surface area contributed by atoms with Gasteiger partial charge in [0.2, 0.25) is 0 Å². The van der Waals surface area contributed by atoms with E-state index in [1.54, 1.807) is 14.2 Å². The Morgan fingerprint density at radius 2 is 2.11 bits per heavy atom. The van der Waals surface area contributed by atoms with Crippen molar-refractivity contribution in [3.63, 3.8) is 0 Å². The average Bonchev–Trinajstić information content (AvgIpc) is 2.91. The summed E-state index contributed by atoms with van der Waals surface area (Å²) in [4.78, 5) is 0. The molecule has 0 saturated carbocycles. The number of H-pyrrole nitrogens is 1. The number of nitrogens with zero attached hydrogens (tertiary/aromatic N) is 3. The number of nitrogens with one attached hydrogen (secondary N) is 2. The third kappa shape index (κ3) is 2.75. The summed E-state index contributed by atoms with van der Waals surface area (Å²) < 4.78 is 10.6. The molecule has 7 nitrogen and oxygen atoms in total. The Morgan fingerprint density at radius 3 is 2.78 bits per heavy atom. The van der Waals surface area contributed by atoms with Gasteiger partial charge in [0.15, 0.2) is 17.3 Å². The SMILES string of the molecule is COc1cccc(CNCc2nn[nH]n2)c1OC. The lowest BCUT2D eigenvalue weighted by atomic mass is 10.2. The molecule has 1 heterocycles. The fourth-order valence-corrected chi connectivity index (χ4v) is 1.66. The molecule has 1 aromatic heterocycles. The van der Waals surface area contributed by atoms with Crippen LogP contribution in [0.2, 0.25) is 0 Å². The maximum Gasteiger partial charge on any atom is 0.188 e. The minimum Gasteiger partial charge on any atom is -0.493 e. The minimum absolute atomic E-state index is 0.539. The summed E-state index contributed by atoms with van der Waals surface area (Å²) in [5, 5.41) is 16.8. The second kappa shape index (κ2) is 5.97. The number of tetrazole rings is 1. The molecule has 2 rings (SSSR count). The van der Waals surface area contributed by atoms with Crippen LogP contribution in [0.15, 0.2) is 18.2 Å². The molecule has 2 N–H and O–H groups in total. The third-order valence-corrected chi connectivity index (χ3v) is 2.47. The monoisotopic (exact) mass is 249 g/mol. The smallest absolute Gasteiger partial charge is 0.188 e. The topological polar surface area (TPSA) is 85.0 Å². The minimum atomic E-state index is 0.539. The Morgan fingerprint density at radius 1 is 1.22 bits per heavy atom. The van der Waals surface area contributed by atoms with E-state index in [4.69, 9.17) is 9.47 Å². The maximum absolute atomic E-state index is 5.34. The Kier molecular flexibility index (Phi) is 4.08. The van der Waals surface area contributed by atoms with Crippen molar-refractivity contribution in [3.05, 3.63) is 29.6 Å². The Hall–Kier alpha value is -2.15. The van der Waals surface area contributed by atoms with E-state index >= 15 is 0 Å². The van der Waals surface area contributed by atoms with Crippen molar-refractivity contribution in [2.75, 3.05) is 14.2 Å². The fraction of sp³-hybridized carbons (Fsp3) is 0.364. The summed E-state index contributed by atoms with van der Waals surface area (Å²) in [7, 11) is 3.24. The highest BCUT2D eigenvalue weighted by atomic mass is 16.5. The number of benzene rings is 1. The molecule has 7 heteroatoms. The number of aromatic amines is 1. The first-order valence-electron chi connectivity index (χ1n) is 5.48. The van der Waals surface area contributed by atoms with Crippen LogP contribution in [0.4, 0.5) is 0 Å². The van der Waals surface area contributed by atoms with Crippen molar-refractivity contribution in [2.45, 2.75) is 13.1 Å². The molecule has 0 unspecified atom stereocenters. The standard InChI is InChI=1S/C11H15N5O2/c1-17-9-5-3-4-8(11(9)18-2)6-12-7-10-13-15-16-14-10/h3-5,12H,6-7H2,1-2H3,(H,13,14,15,16). The van der Waals surface area contributed by atoms with Crippen molar-refractivity contribution in [1.82, 2.24) is 25.9 Å². The number of methoxy groups -OCH3 is 2. The zero-order valence-electron chi connectivity index (χ0n) is 10.3. The van der Waals surface area contributed by atoms with Crippen molar-refractivity contribution in [1.29, 1.82) is 0 Å². The molecular formula is C11H15N5O2. The number of aromatic nitrogens is 4. The molecule has 0 saturated heterocycles. The van der Waals surface area contributed by atoms with E-state index in [0.717, 1.165) is 17.1 Å². The van der Waals surface area contributed by atoms with Gasteiger partial charge in [-0.1, -0.05) is 17.3 Å². The molecule has 0 atom stereocenters. The zero-order chi connectivity index (χ0) is 12.8. The Balaban J connectivity index is 2.00. The van der Waals surface area contributed by atoms with E-state index in [-0.39, 0.29) is 0 Å². The first-order chi connectivity index (χ1) is 8.85. The quantitative estimate of drug-likeness (QED) is 0.775. The van der Waals surface area contributed by atoms with Crippen LogP contribution < -0.4 is 14.8 Å². The molecule has 0 aliphatic heterocycles. The Bertz CT molecular complexity index is 486.